The van der Waals surface area contributed by atoms with Crippen LogP contribution in [0.4, 0.5) is 5.69 Å². The van der Waals surface area contributed by atoms with Crippen molar-refractivity contribution in [1.82, 2.24) is 0 Å². The lowest BCUT2D eigenvalue weighted by atomic mass is 9.81. The van der Waals surface area contributed by atoms with Gasteiger partial charge in [-0.1, -0.05) is 62.4 Å². The zero-order valence-corrected chi connectivity index (χ0v) is 11.5. The second-order valence-corrected chi connectivity index (χ2v) is 5.50. The van der Waals surface area contributed by atoms with Gasteiger partial charge in [-0.05, 0) is 17.7 Å². The van der Waals surface area contributed by atoms with Crippen LogP contribution in [0.5, 0.6) is 0 Å². The number of aliphatic hydroxyl groups is 1. The maximum Gasteiger partial charge on any atom is 0.0586 e. The first-order valence-corrected chi connectivity index (χ1v) is 6.61. The first kappa shape index (κ1) is 13.6. The fourth-order valence-electron chi connectivity index (χ4n) is 2.17. The average molecular weight is 255 g/mol. The van der Waals surface area contributed by atoms with E-state index in [1.165, 1.54) is 5.56 Å². The van der Waals surface area contributed by atoms with Crippen LogP contribution in [-0.4, -0.2) is 11.7 Å². The summed E-state index contributed by atoms with van der Waals surface area (Å²) in [6.45, 7) is 4.27. The summed E-state index contributed by atoms with van der Waals surface area (Å²) in [6, 6.07) is 20.4. The SMILES string of the molecule is CC(C)(CO)C(Nc1ccccc1)c1ccccc1. The van der Waals surface area contributed by atoms with Crippen LogP contribution in [0.1, 0.15) is 25.5 Å². The van der Waals surface area contributed by atoms with Crippen molar-refractivity contribution in [3.63, 3.8) is 0 Å². The highest BCUT2D eigenvalue weighted by atomic mass is 16.3. The van der Waals surface area contributed by atoms with Crippen molar-refractivity contribution >= 4 is 5.69 Å². The van der Waals surface area contributed by atoms with E-state index in [4.69, 9.17) is 0 Å². The molecule has 0 heterocycles. The third-order valence-electron chi connectivity index (χ3n) is 3.41. The summed E-state index contributed by atoms with van der Waals surface area (Å²) in [5.41, 5.74) is 2.01. The normalized spacial score (nSPS) is 13.0. The van der Waals surface area contributed by atoms with E-state index < -0.39 is 0 Å². The first-order valence-electron chi connectivity index (χ1n) is 6.61. The van der Waals surface area contributed by atoms with E-state index in [0.717, 1.165) is 5.69 Å². The summed E-state index contributed by atoms with van der Waals surface area (Å²) in [4.78, 5) is 0. The minimum atomic E-state index is -0.239. The Bertz CT molecular complexity index is 493. The Morgan fingerprint density at radius 2 is 1.47 bits per heavy atom. The van der Waals surface area contributed by atoms with Gasteiger partial charge >= 0.3 is 0 Å². The van der Waals surface area contributed by atoms with Gasteiger partial charge in [-0.25, -0.2) is 0 Å². The van der Waals surface area contributed by atoms with Gasteiger partial charge in [0.25, 0.3) is 0 Å². The minimum absolute atomic E-state index is 0.0705. The van der Waals surface area contributed by atoms with Gasteiger partial charge in [0.1, 0.15) is 0 Å². The van der Waals surface area contributed by atoms with E-state index in [2.05, 4.69) is 31.3 Å². The highest BCUT2D eigenvalue weighted by Gasteiger charge is 2.30. The Kier molecular flexibility index (Phi) is 4.23. The monoisotopic (exact) mass is 255 g/mol. The molecule has 0 aliphatic carbocycles. The molecule has 2 aromatic carbocycles. The van der Waals surface area contributed by atoms with Crippen molar-refractivity contribution in [1.29, 1.82) is 0 Å². The Balaban J connectivity index is 2.31. The number of hydrogen-bond acceptors (Lipinski definition) is 2. The third-order valence-corrected chi connectivity index (χ3v) is 3.41. The molecule has 100 valence electrons. The lowest BCUT2D eigenvalue weighted by Crippen LogP contribution is -2.31. The van der Waals surface area contributed by atoms with Gasteiger partial charge in [0, 0.05) is 11.1 Å². The second-order valence-electron chi connectivity index (χ2n) is 5.50. The number of anilines is 1. The maximum atomic E-state index is 9.66. The van der Waals surface area contributed by atoms with Gasteiger partial charge in [0.15, 0.2) is 0 Å². The maximum absolute atomic E-state index is 9.66. The fourth-order valence-corrected chi connectivity index (χ4v) is 2.17. The summed E-state index contributed by atoms with van der Waals surface area (Å²) in [5.74, 6) is 0. The zero-order chi connectivity index (χ0) is 13.7. The third kappa shape index (κ3) is 3.36. The quantitative estimate of drug-likeness (QED) is 0.850. The Morgan fingerprint density at radius 3 is 2.00 bits per heavy atom. The van der Waals surface area contributed by atoms with Crippen LogP contribution in [0.25, 0.3) is 0 Å². The molecule has 2 heteroatoms. The van der Waals surface area contributed by atoms with Crippen LogP contribution in [0.15, 0.2) is 60.7 Å². The van der Waals surface area contributed by atoms with Gasteiger partial charge < -0.3 is 10.4 Å². The predicted molar refractivity (Wildman–Crippen MR) is 80.1 cm³/mol. The number of rotatable bonds is 5. The van der Waals surface area contributed by atoms with Crippen LogP contribution < -0.4 is 5.32 Å². The van der Waals surface area contributed by atoms with E-state index in [-0.39, 0.29) is 18.1 Å². The molecule has 0 aliphatic rings. The van der Waals surface area contributed by atoms with Crippen molar-refractivity contribution in [2.75, 3.05) is 11.9 Å². The van der Waals surface area contributed by atoms with Crippen molar-refractivity contribution in [3.8, 4) is 0 Å². The van der Waals surface area contributed by atoms with E-state index >= 15 is 0 Å². The molecule has 2 N–H and O–H groups in total. The molecule has 0 aromatic heterocycles. The molecule has 0 fully saturated rings. The summed E-state index contributed by atoms with van der Waals surface area (Å²) < 4.78 is 0. The van der Waals surface area contributed by atoms with Crippen LogP contribution in [0.2, 0.25) is 0 Å². The zero-order valence-electron chi connectivity index (χ0n) is 11.5. The highest BCUT2D eigenvalue weighted by molar-refractivity contribution is 5.45. The van der Waals surface area contributed by atoms with Crippen LogP contribution >= 0.6 is 0 Å². The first-order chi connectivity index (χ1) is 9.13. The van der Waals surface area contributed by atoms with Gasteiger partial charge in [-0.2, -0.15) is 0 Å². The number of aliphatic hydroxyl groups excluding tert-OH is 1. The summed E-state index contributed by atoms with van der Waals surface area (Å²) in [7, 11) is 0. The van der Waals surface area contributed by atoms with Crippen LogP contribution in [0.3, 0.4) is 0 Å². The molecule has 2 aromatic rings. The van der Waals surface area contributed by atoms with Crippen molar-refractivity contribution in [2.45, 2.75) is 19.9 Å². The van der Waals surface area contributed by atoms with Crippen LogP contribution in [0, 0.1) is 5.41 Å². The molecule has 2 rings (SSSR count). The molecular formula is C17H21NO. The topological polar surface area (TPSA) is 32.3 Å². The molecule has 0 aliphatic heterocycles. The average Bonchev–Trinajstić information content (AvgIpc) is 2.46. The predicted octanol–water partition coefficient (Wildman–Crippen LogP) is 3.86. The largest absolute Gasteiger partial charge is 0.396 e. The van der Waals surface area contributed by atoms with Gasteiger partial charge in [-0.3, -0.25) is 0 Å². The molecule has 1 unspecified atom stereocenters. The molecule has 0 saturated heterocycles. The van der Waals surface area contributed by atoms with Crippen LogP contribution in [-0.2, 0) is 0 Å². The fraction of sp³-hybridized carbons (Fsp3) is 0.294. The van der Waals surface area contributed by atoms with E-state index in [9.17, 15) is 5.11 Å². The number of nitrogens with one attached hydrogen (secondary N) is 1. The Hall–Kier alpha value is -1.80. The minimum Gasteiger partial charge on any atom is -0.396 e. The van der Waals surface area contributed by atoms with E-state index in [1.54, 1.807) is 0 Å². The second kappa shape index (κ2) is 5.89. The Morgan fingerprint density at radius 1 is 0.947 bits per heavy atom. The molecule has 0 spiro atoms. The molecule has 0 saturated carbocycles. The summed E-state index contributed by atoms with van der Waals surface area (Å²) in [6.07, 6.45) is 0. The van der Waals surface area contributed by atoms with Gasteiger partial charge in [0.2, 0.25) is 0 Å². The number of hydrogen-bond donors (Lipinski definition) is 2. The van der Waals surface area contributed by atoms with Crippen molar-refractivity contribution in [3.05, 3.63) is 66.2 Å². The molecule has 0 radical (unpaired) electrons. The molecule has 1 atom stereocenters. The smallest absolute Gasteiger partial charge is 0.0586 e. The molecule has 19 heavy (non-hydrogen) atoms. The summed E-state index contributed by atoms with van der Waals surface area (Å²) in [5, 5.41) is 13.2. The molecule has 2 nitrogen and oxygen atoms in total. The van der Waals surface area contributed by atoms with Crippen molar-refractivity contribution in [2.24, 2.45) is 5.41 Å². The van der Waals surface area contributed by atoms with Gasteiger partial charge in [-0.15, -0.1) is 0 Å². The highest BCUT2D eigenvalue weighted by Crippen LogP contribution is 2.35. The molecule has 0 bridgehead atoms. The number of benzene rings is 2. The summed E-state index contributed by atoms with van der Waals surface area (Å²) >= 11 is 0. The number of para-hydroxylation sites is 1. The van der Waals surface area contributed by atoms with E-state index in [0.29, 0.717) is 0 Å². The lowest BCUT2D eigenvalue weighted by molar-refractivity contribution is 0.139. The van der Waals surface area contributed by atoms with E-state index in [1.807, 2.05) is 48.5 Å². The standard InChI is InChI=1S/C17H21NO/c1-17(2,13-19)16(14-9-5-3-6-10-14)18-15-11-7-4-8-12-15/h3-12,16,18-19H,13H2,1-2H3. The lowest BCUT2D eigenvalue weighted by Gasteiger charge is -2.34. The molecular weight excluding hydrogens is 234 g/mol. The van der Waals surface area contributed by atoms with Gasteiger partial charge in [0.05, 0.1) is 12.6 Å². The van der Waals surface area contributed by atoms with Crippen molar-refractivity contribution < 1.29 is 5.11 Å². The Labute approximate surface area is 115 Å². The molecule has 0 amide bonds.